The first kappa shape index (κ1) is 15.9. The number of halogens is 3. The summed E-state index contributed by atoms with van der Waals surface area (Å²) in [5.74, 6) is 0.417. The average Bonchev–Trinajstić information content (AvgIpc) is 2.32. The lowest BCUT2D eigenvalue weighted by Crippen LogP contribution is -2.31. The van der Waals surface area contributed by atoms with Crippen LogP contribution in [-0.4, -0.2) is 30.9 Å². The van der Waals surface area contributed by atoms with Crippen LogP contribution in [0.5, 0.6) is 5.75 Å². The van der Waals surface area contributed by atoms with Gasteiger partial charge in [0, 0.05) is 12.6 Å². The van der Waals surface area contributed by atoms with Crippen LogP contribution in [0.25, 0.3) is 0 Å². The van der Waals surface area contributed by atoms with Gasteiger partial charge in [-0.25, -0.2) is 0 Å². The Morgan fingerprint density at radius 1 is 1.22 bits per heavy atom. The van der Waals surface area contributed by atoms with Gasteiger partial charge in [0.2, 0.25) is 0 Å². The molecule has 0 heterocycles. The van der Waals surface area contributed by atoms with Crippen LogP contribution in [0.3, 0.4) is 0 Å². The van der Waals surface area contributed by atoms with Gasteiger partial charge >= 0.3 is 0 Å². The van der Waals surface area contributed by atoms with Crippen LogP contribution < -0.4 is 10.1 Å². The predicted octanol–water partition coefficient (Wildman–Crippen LogP) is 3.39. The van der Waals surface area contributed by atoms with E-state index in [0.29, 0.717) is 27.4 Å². The van der Waals surface area contributed by atoms with Crippen molar-refractivity contribution in [2.75, 3.05) is 19.7 Å². The molecule has 1 unspecified atom stereocenters. The van der Waals surface area contributed by atoms with Gasteiger partial charge in [0.15, 0.2) is 0 Å². The molecule has 0 aliphatic carbocycles. The van der Waals surface area contributed by atoms with Crippen LogP contribution in [0.2, 0.25) is 15.1 Å². The second-order valence-electron chi connectivity index (χ2n) is 3.87. The van der Waals surface area contributed by atoms with Gasteiger partial charge in [-0.1, -0.05) is 41.7 Å². The fourth-order valence-electron chi connectivity index (χ4n) is 1.31. The summed E-state index contributed by atoms with van der Waals surface area (Å²) in [6.45, 7) is 3.55. The molecule has 1 rings (SSSR count). The Morgan fingerprint density at radius 2 is 1.89 bits per heavy atom. The quantitative estimate of drug-likeness (QED) is 0.599. The molecular formula is C12H16Cl3NO2. The third kappa shape index (κ3) is 5.21. The van der Waals surface area contributed by atoms with E-state index in [2.05, 4.69) is 12.2 Å². The number of aliphatic hydroxyl groups excluding tert-OH is 1. The fraction of sp³-hybridized carbons (Fsp3) is 0.500. The van der Waals surface area contributed by atoms with Crippen molar-refractivity contribution in [2.45, 2.75) is 19.4 Å². The van der Waals surface area contributed by atoms with Gasteiger partial charge in [0.25, 0.3) is 0 Å². The highest BCUT2D eigenvalue weighted by atomic mass is 35.5. The first-order valence-corrected chi connectivity index (χ1v) is 6.84. The molecule has 0 aliphatic heterocycles. The Morgan fingerprint density at radius 3 is 2.56 bits per heavy atom. The van der Waals surface area contributed by atoms with E-state index < -0.39 is 6.10 Å². The monoisotopic (exact) mass is 311 g/mol. The first-order chi connectivity index (χ1) is 8.54. The van der Waals surface area contributed by atoms with E-state index in [1.54, 1.807) is 6.07 Å². The van der Waals surface area contributed by atoms with Crippen molar-refractivity contribution in [3.63, 3.8) is 0 Å². The highest BCUT2D eigenvalue weighted by Gasteiger charge is 2.10. The van der Waals surface area contributed by atoms with E-state index >= 15 is 0 Å². The van der Waals surface area contributed by atoms with Crippen LogP contribution in [0.15, 0.2) is 12.1 Å². The SMILES string of the molecule is CCCNCC(O)COc1cc(Cl)c(Cl)cc1Cl. The molecule has 0 spiro atoms. The second kappa shape index (κ2) is 8.08. The van der Waals surface area contributed by atoms with E-state index in [9.17, 15) is 5.11 Å². The summed E-state index contributed by atoms with van der Waals surface area (Å²) >= 11 is 17.6. The summed E-state index contributed by atoms with van der Waals surface area (Å²) in [5.41, 5.74) is 0. The topological polar surface area (TPSA) is 41.5 Å². The fourth-order valence-corrected chi connectivity index (χ4v) is 1.90. The third-order valence-electron chi connectivity index (χ3n) is 2.21. The maximum absolute atomic E-state index is 9.66. The van der Waals surface area contributed by atoms with Crippen molar-refractivity contribution in [1.82, 2.24) is 5.32 Å². The standard InChI is InChI=1S/C12H16Cl3NO2/c1-2-3-16-6-8(17)7-18-12-5-10(14)9(13)4-11(12)15/h4-5,8,16-17H,2-3,6-7H2,1H3. The summed E-state index contributed by atoms with van der Waals surface area (Å²) < 4.78 is 5.40. The molecule has 0 saturated heterocycles. The predicted molar refractivity (Wildman–Crippen MR) is 76.1 cm³/mol. The molecule has 0 aliphatic rings. The number of hydrogen-bond acceptors (Lipinski definition) is 3. The molecular weight excluding hydrogens is 296 g/mol. The zero-order chi connectivity index (χ0) is 13.5. The van der Waals surface area contributed by atoms with Gasteiger partial charge in [0.1, 0.15) is 18.5 Å². The maximum atomic E-state index is 9.66. The van der Waals surface area contributed by atoms with Crippen molar-refractivity contribution in [3.05, 3.63) is 27.2 Å². The van der Waals surface area contributed by atoms with Crippen molar-refractivity contribution in [3.8, 4) is 5.75 Å². The Kier molecular flexibility index (Phi) is 7.12. The molecule has 0 amide bonds. The molecule has 0 aromatic heterocycles. The minimum atomic E-state index is -0.595. The van der Waals surface area contributed by atoms with Gasteiger partial charge < -0.3 is 15.2 Å². The summed E-state index contributed by atoms with van der Waals surface area (Å²) in [6, 6.07) is 3.06. The van der Waals surface area contributed by atoms with Crippen molar-refractivity contribution in [2.24, 2.45) is 0 Å². The largest absolute Gasteiger partial charge is 0.489 e. The van der Waals surface area contributed by atoms with E-state index in [0.717, 1.165) is 13.0 Å². The lowest BCUT2D eigenvalue weighted by atomic mass is 10.3. The molecule has 6 heteroatoms. The number of nitrogens with one attached hydrogen (secondary N) is 1. The minimum absolute atomic E-state index is 0.147. The van der Waals surface area contributed by atoms with Gasteiger partial charge in [-0.05, 0) is 19.0 Å². The minimum Gasteiger partial charge on any atom is -0.489 e. The highest BCUT2D eigenvalue weighted by Crippen LogP contribution is 2.33. The third-order valence-corrected chi connectivity index (χ3v) is 3.23. The van der Waals surface area contributed by atoms with Crippen LogP contribution in [0.1, 0.15) is 13.3 Å². The molecule has 1 atom stereocenters. The molecule has 0 fully saturated rings. The summed E-state index contributed by atoms with van der Waals surface area (Å²) in [7, 11) is 0. The normalized spacial score (nSPS) is 12.5. The summed E-state index contributed by atoms with van der Waals surface area (Å²) in [4.78, 5) is 0. The summed E-state index contributed by atoms with van der Waals surface area (Å²) in [5, 5.41) is 13.9. The van der Waals surface area contributed by atoms with Crippen LogP contribution in [-0.2, 0) is 0 Å². The number of aliphatic hydroxyl groups is 1. The van der Waals surface area contributed by atoms with Gasteiger partial charge in [-0.2, -0.15) is 0 Å². The number of hydrogen-bond donors (Lipinski definition) is 2. The van der Waals surface area contributed by atoms with Crippen molar-refractivity contribution < 1.29 is 9.84 Å². The Bertz CT molecular complexity index is 388. The zero-order valence-electron chi connectivity index (χ0n) is 10.0. The molecule has 0 bridgehead atoms. The van der Waals surface area contributed by atoms with E-state index in [-0.39, 0.29) is 6.61 Å². The molecule has 0 saturated carbocycles. The molecule has 1 aromatic carbocycles. The van der Waals surface area contributed by atoms with Gasteiger partial charge in [-0.15, -0.1) is 0 Å². The van der Waals surface area contributed by atoms with Crippen LogP contribution in [0, 0.1) is 0 Å². The number of rotatable bonds is 7. The highest BCUT2D eigenvalue weighted by molar-refractivity contribution is 6.43. The van der Waals surface area contributed by atoms with Gasteiger partial charge in [0.05, 0.1) is 15.1 Å². The molecule has 2 N–H and O–H groups in total. The van der Waals surface area contributed by atoms with E-state index in [1.807, 2.05) is 0 Å². The Labute approximate surface area is 122 Å². The average molecular weight is 313 g/mol. The Hall–Kier alpha value is -0.190. The Balaban J connectivity index is 2.45. The van der Waals surface area contributed by atoms with Crippen LogP contribution >= 0.6 is 34.8 Å². The lowest BCUT2D eigenvalue weighted by Gasteiger charge is -2.14. The number of ether oxygens (including phenoxy) is 1. The van der Waals surface area contributed by atoms with Crippen molar-refractivity contribution >= 4 is 34.8 Å². The zero-order valence-corrected chi connectivity index (χ0v) is 12.3. The van der Waals surface area contributed by atoms with E-state index in [1.165, 1.54) is 6.07 Å². The summed E-state index contributed by atoms with van der Waals surface area (Å²) in [6.07, 6.45) is 0.425. The molecule has 18 heavy (non-hydrogen) atoms. The molecule has 3 nitrogen and oxygen atoms in total. The first-order valence-electron chi connectivity index (χ1n) is 5.70. The smallest absolute Gasteiger partial charge is 0.139 e. The molecule has 0 radical (unpaired) electrons. The maximum Gasteiger partial charge on any atom is 0.139 e. The van der Waals surface area contributed by atoms with E-state index in [4.69, 9.17) is 39.5 Å². The van der Waals surface area contributed by atoms with Gasteiger partial charge in [-0.3, -0.25) is 0 Å². The molecule has 102 valence electrons. The lowest BCUT2D eigenvalue weighted by molar-refractivity contribution is 0.106. The van der Waals surface area contributed by atoms with Crippen molar-refractivity contribution in [1.29, 1.82) is 0 Å². The molecule has 1 aromatic rings. The second-order valence-corrected chi connectivity index (χ2v) is 5.09. The van der Waals surface area contributed by atoms with Crippen LogP contribution in [0.4, 0.5) is 0 Å². The number of benzene rings is 1.